The van der Waals surface area contributed by atoms with Crippen LogP contribution in [0.3, 0.4) is 0 Å². The van der Waals surface area contributed by atoms with E-state index in [1.807, 2.05) is 0 Å². The molecule has 1 amide bonds. The summed E-state index contributed by atoms with van der Waals surface area (Å²) in [5.41, 5.74) is 5.12. The first-order valence-electron chi connectivity index (χ1n) is 4.64. The van der Waals surface area contributed by atoms with Crippen molar-refractivity contribution in [1.82, 2.24) is 10.2 Å². The standard InChI is InChI=1S/C10H8F2N4O/c11-5-1-2-6(13)9(8(5)12)15-10(17)7-3-4-14-16-7/h1-4H,13H2,(H,14,16)(H,15,17). The minimum Gasteiger partial charge on any atom is -0.397 e. The number of aromatic nitrogens is 2. The third-order valence-corrected chi connectivity index (χ3v) is 2.11. The Hall–Kier alpha value is -2.44. The number of carbonyl (C=O) groups is 1. The van der Waals surface area contributed by atoms with Gasteiger partial charge in [0.15, 0.2) is 11.6 Å². The summed E-state index contributed by atoms with van der Waals surface area (Å²) in [6.45, 7) is 0. The van der Waals surface area contributed by atoms with Gasteiger partial charge in [0.25, 0.3) is 5.91 Å². The summed E-state index contributed by atoms with van der Waals surface area (Å²) < 4.78 is 26.3. The summed E-state index contributed by atoms with van der Waals surface area (Å²) in [6.07, 6.45) is 1.36. The molecule has 5 nitrogen and oxygen atoms in total. The minimum atomic E-state index is -1.20. The third-order valence-electron chi connectivity index (χ3n) is 2.11. The number of carbonyl (C=O) groups excluding carboxylic acids is 1. The van der Waals surface area contributed by atoms with E-state index in [1.165, 1.54) is 18.3 Å². The Morgan fingerprint density at radius 3 is 2.76 bits per heavy atom. The van der Waals surface area contributed by atoms with Crippen molar-refractivity contribution in [3.63, 3.8) is 0 Å². The van der Waals surface area contributed by atoms with E-state index >= 15 is 0 Å². The molecule has 0 fully saturated rings. The van der Waals surface area contributed by atoms with E-state index in [0.717, 1.165) is 6.07 Å². The Bertz CT molecular complexity index is 554. The maximum Gasteiger partial charge on any atom is 0.273 e. The molecule has 0 saturated carbocycles. The lowest BCUT2D eigenvalue weighted by Gasteiger charge is -2.08. The molecule has 1 aromatic heterocycles. The van der Waals surface area contributed by atoms with E-state index in [2.05, 4.69) is 15.5 Å². The van der Waals surface area contributed by atoms with Gasteiger partial charge >= 0.3 is 0 Å². The molecule has 0 aliphatic rings. The maximum absolute atomic E-state index is 13.4. The van der Waals surface area contributed by atoms with Crippen LogP contribution in [0.1, 0.15) is 10.5 Å². The zero-order valence-electron chi connectivity index (χ0n) is 8.50. The molecule has 0 atom stereocenters. The first-order chi connectivity index (χ1) is 8.09. The molecule has 4 N–H and O–H groups in total. The van der Waals surface area contributed by atoms with Crippen LogP contribution in [0.15, 0.2) is 24.4 Å². The molecule has 0 bridgehead atoms. The molecule has 2 aromatic rings. The molecule has 88 valence electrons. The van der Waals surface area contributed by atoms with Crippen molar-refractivity contribution in [3.8, 4) is 0 Å². The molecule has 0 saturated heterocycles. The number of nitrogens with one attached hydrogen (secondary N) is 2. The van der Waals surface area contributed by atoms with E-state index in [9.17, 15) is 13.6 Å². The Morgan fingerprint density at radius 2 is 2.12 bits per heavy atom. The van der Waals surface area contributed by atoms with Gasteiger partial charge in [-0.1, -0.05) is 0 Å². The highest BCUT2D eigenvalue weighted by atomic mass is 19.2. The number of aromatic amines is 1. The number of hydrogen-bond acceptors (Lipinski definition) is 3. The van der Waals surface area contributed by atoms with Crippen LogP contribution < -0.4 is 11.1 Å². The highest BCUT2D eigenvalue weighted by Crippen LogP contribution is 2.24. The van der Waals surface area contributed by atoms with Crippen LogP contribution in [0.4, 0.5) is 20.2 Å². The molecule has 1 aromatic carbocycles. The summed E-state index contributed by atoms with van der Waals surface area (Å²) in [7, 11) is 0. The van der Waals surface area contributed by atoms with Crippen LogP contribution in [0.2, 0.25) is 0 Å². The van der Waals surface area contributed by atoms with Crippen LogP contribution in [0.5, 0.6) is 0 Å². The molecule has 17 heavy (non-hydrogen) atoms. The Kier molecular flexibility index (Phi) is 2.73. The number of nitrogens with zero attached hydrogens (tertiary/aromatic N) is 1. The van der Waals surface area contributed by atoms with Crippen LogP contribution in [-0.2, 0) is 0 Å². The fraction of sp³-hybridized carbons (Fsp3) is 0. The largest absolute Gasteiger partial charge is 0.397 e. The molecule has 1 heterocycles. The normalized spacial score (nSPS) is 10.2. The predicted molar refractivity (Wildman–Crippen MR) is 57.3 cm³/mol. The van der Waals surface area contributed by atoms with Gasteiger partial charge < -0.3 is 11.1 Å². The van der Waals surface area contributed by atoms with Crippen LogP contribution in [0, 0.1) is 11.6 Å². The average molecular weight is 238 g/mol. The monoisotopic (exact) mass is 238 g/mol. The second-order valence-corrected chi connectivity index (χ2v) is 3.25. The van der Waals surface area contributed by atoms with E-state index in [4.69, 9.17) is 5.73 Å². The Morgan fingerprint density at radius 1 is 1.35 bits per heavy atom. The van der Waals surface area contributed by atoms with E-state index in [1.54, 1.807) is 0 Å². The van der Waals surface area contributed by atoms with E-state index in [-0.39, 0.29) is 17.1 Å². The molecule has 0 aliphatic heterocycles. The molecule has 7 heteroatoms. The van der Waals surface area contributed by atoms with Crippen molar-refractivity contribution in [2.75, 3.05) is 11.1 Å². The Balaban J connectivity index is 2.31. The molecular formula is C10H8F2N4O. The number of amides is 1. The average Bonchev–Trinajstić information content (AvgIpc) is 2.83. The molecular weight excluding hydrogens is 230 g/mol. The lowest BCUT2D eigenvalue weighted by molar-refractivity contribution is 0.102. The van der Waals surface area contributed by atoms with Crippen molar-refractivity contribution < 1.29 is 13.6 Å². The van der Waals surface area contributed by atoms with Crippen molar-refractivity contribution in [1.29, 1.82) is 0 Å². The molecule has 0 radical (unpaired) electrons. The summed E-state index contributed by atoms with van der Waals surface area (Å²) in [6, 6.07) is 3.44. The van der Waals surface area contributed by atoms with Crippen molar-refractivity contribution in [2.24, 2.45) is 0 Å². The van der Waals surface area contributed by atoms with E-state index < -0.39 is 17.5 Å². The molecule has 0 unspecified atom stereocenters. The topological polar surface area (TPSA) is 83.8 Å². The van der Waals surface area contributed by atoms with Crippen LogP contribution in [-0.4, -0.2) is 16.1 Å². The van der Waals surface area contributed by atoms with Crippen molar-refractivity contribution >= 4 is 17.3 Å². The maximum atomic E-state index is 13.4. The fourth-order valence-electron chi connectivity index (χ4n) is 1.26. The van der Waals surface area contributed by atoms with Crippen molar-refractivity contribution in [2.45, 2.75) is 0 Å². The van der Waals surface area contributed by atoms with Crippen LogP contribution in [0.25, 0.3) is 0 Å². The van der Waals surface area contributed by atoms with Gasteiger partial charge in [-0.05, 0) is 18.2 Å². The quantitative estimate of drug-likeness (QED) is 0.693. The first-order valence-corrected chi connectivity index (χ1v) is 4.64. The third kappa shape index (κ3) is 2.07. The van der Waals surface area contributed by atoms with Gasteiger partial charge in [-0.3, -0.25) is 9.89 Å². The number of halogens is 2. The van der Waals surface area contributed by atoms with E-state index in [0.29, 0.717) is 0 Å². The van der Waals surface area contributed by atoms with Crippen molar-refractivity contribution in [3.05, 3.63) is 41.7 Å². The van der Waals surface area contributed by atoms with Gasteiger partial charge in [-0.15, -0.1) is 0 Å². The SMILES string of the molecule is Nc1ccc(F)c(F)c1NC(=O)c1ccn[nH]1. The van der Waals surface area contributed by atoms with Gasteiger partial charge in [0, 0.05) is 6.20 Å². The highest BCUT2D eigenvalue weighted by molar-refractivity contribution is 6.04. The second kappa shape index (κ2) is 4.20. The van der Waals surface area contributed by atoms with Gasteiger partial charge in [-0.2, -0.15) is 5.10 Å². The second-order valence-electron chi connectivity index (χ2n) is 3.25. The smallest absolute Gasteiger partial charge is 0.273 e. The lowest BCUT2D eigenvalue weighted by atomic mass is 10.2. The predicted octanol–water partition coefficient (Wildman–Crippen LogP) is 1.52. The fourth-order valence-corrected chi connectivity index (χ4v) is 1.26. The minimum absolute atomic E-state index is 0.0586. The van der Waals surface area contributed by atoms with Gasteiger partial charge in [0.1, 0.15) is 11.4 Å². The summed E-state index contributed by atoms with van der Waals surface area (Å²) in [5.74, 6) is -2.93. The highest BCUT2D eigenvalue weighted by Gasteiger charge is 2.15. The van der Waals surface area contributed by atoms with Crippen LogP contribution >= 0.6 is 0 Å². The first kappa shape index (κ1) is 11.1. The molecule has 2 rings (SSSR count). The number of nitrogens with two attached hydrogens (primary N) is 1. The number of H-pyrrole nitrogens is 1. The number of anilines is 2. The molecule has 0 spiro atoms. The number of hydrogen-bond donors (Lipinski definition) is 3. The summed E-state index contributed by atoms with van der Waals surface area (Å²) in [5, 5.41) is 8.13. The number of nitrogen functional groups attached to an aromatic ring is 1. The number of benzene rings is 1. The Labute approximate surface area is 94.6 Å². The lowest BCUT2D eigenvalue weighted by Crippen LogP contribution is -2.15. The van der Waals surface area contributed by atoms with Gasteiger partial charge in [-0.25, -0.2) is 8.78 Å². The zero-order valence-corrected chi connectivity index (χ0v) is 8.50. The summed E-state index contributed by atoms with van der Waals surface area (Å²) in [4.78, 5) is 11.6. The number of rotatable bonds is 2. The van der Waals surface area contributed by atoms with Gasteiger partial charge in [0.2, 0.25) is 0 Å². The summed E-state index contributed by atoms with van der Waals surface area (Å²) >= 11 is 0. The zero-order chi connectivity index (χ0) is 12.4. The molecule has 0 aliphatic carbocycles. The van der Waals surface area contributed by atoms with Gasteiger partial charge in [0.05, 0.1) is 5.69 Å².